The Hall–Kier alpha value is -3.08. The Bertz CT molecular complexity index is 878. The van der Waals surface area contributed by atoms with Crippen molar-refractivity contribution in [3.05, 3.63) is 77.9 Å². The van der Waals surface area contributed by atoms with Crippen LogP contribution in [0.5, 0.6) is 0 Å². The van der Waals surface area contributed by atoms with Gasteiger partial charge in [0.05, 0.1) is 5.56 Å². The van der Waals surface area contributed by atoms with Crippen molar-refractivity contribution < 1.29 is 4.79 Å². The number of carbonyl (C=O) groups excluding carboxylic acids is 1. The van der Waals surface area contributed by atoms with Gasteiger partial charge in [0.1, 0.15) is 0 Å². The first-order chi connectivity index (χ1) is 12.3. The number of benzene rings is 1. The first-order valence-electron chi connectivity index (χ1n) is 8.40. The molecule has 5 nitrogen and oxygen atoms in total. The van der Waals surface area contributed by atoms with Crippen molar-refractivity contribution in [3.63, 3.8) is 0 Å². The van der Waals surface area contributed by atoms with Crippen LogP contribution < -0.4 is 5.32 Å². The molecule has 2 heterocycles. The molecule has 1 aliphatic carbocycles. The highest BCUT2D eigenvalue weighted by Crippen LogP contribution is 2.21. The number of nitrogens with zero attached hydrogens (tertiary/aromatic N) is 3. The summed E-state index contributed by atoms with van der Waals surface area (Å²) in [6.45, 7) is 0. The van der Waals surface area contributed by atoms with Crippen molar-refractivity contribution in [2.24, 2.45) is 0 Å². The van der Waals surface area contributed by atoms with Gasteiger partial charge in [-0.3, -0.25) is 9.78 Å². The van der Waals surface area contributed by atoms with E-state index in [2.05, 4.69) is 38.5 Å². The molecule has 2 aromatic heterocycles. The van der Waals surface area contributed by atoms with Crippen molar-refractivity contribution in [1.82, 2.24) is 20.3 Å². The second-order valence-electron chi connectivity index (χ2n) is 6.22. The van der Waals surface area contributed by atoms with Crippen molar-refractivity contribution in [2.45, 2.75) is 25.3 Å². The Balaban J connectivity index is 1.43. The normalized spacial score (nSPS) is 16.1. The Labute approximate surface area is 146 Å². The lowest BCUT2D eigenvalue weighted by molar-refractivity contribution is 0.0933. The van der Waals surface area contributed by atoms with E-state index in [0.717, 1.165) is 24.8 Å². The Morgan fingerprint density at radius 3 is 2.56 bits per heavy atom. The van der Waals surface area contributed by atoms with E-state index < -0.39 is 0 Å². The minimum atomic E-state index is -0.123. The van der Waals surface area contributed by atoms with Crippen LogP contribution >= 0.6 is 0 Å². The second-order valence-corrected chi connectivity index (χ2v) is 6.22. The van der Waals surface area contributed by atoms with Gasteiger partial charge in [0.15, 0.2) is 5.82 Å². The van der Waals surface area contributed by atoms with E-state index in [4.69, 9.17) is 0 Å². The lowest BCUT2D eigenvalue weighted by atomic mass is 9.88. The zero-order chi connectivity index (χ0) is 17.1. The third-order valence-corrected chi connectivity index (χ3v) is 4.52. The van der Waals surface area contributed by atoms with Crippen LogP contribution in [0.4, 0.5) is 0 Å². The number of fused-ring (bicyclic) bond motifs is 1. The number of pyridine rings is 1. The van der Waals surface area contributed by atoms with Crippen LogP contribution in [0.15, 0.2) is 61.2 Å². The van der Waals surface area contributed by atoms with Crippen molar-refractivity contribution >= 4 is 5.91 Å². The highest BCUT2D eigenvalue weighted by molar-refractivity contribution is 5.93. The Morgan fingerprint density at radius 1 is 1.00 bits per heavy atom. The van der Waals surface area contributed by atoms with Gasteiger partial charge in [-0.05, 0) is 42.5 Å². The van der Waals surface area contributed by atoms with Crippen LogP contribution in [0, 0.1) is 0 Å². The van der Waals surface area contributed by atoms with Gasteiger partial charge in [-0.25, -0.2) is 9.97 Å². The second kappa shape index (κ2) is 6.81. The van der Waals surface area contributed by atoms with Gasteiger partial charge in [0.25, 0.3) is 5.91 Å². The fraction of sp³-hybridized carbons (Fsp3) is 0.200. The van der Waals surface area contributed by atoms with E-state index in [9.17, 15) is 4.79 Å². The maximum atomic E-state index is 12.5. The number of aryl methyl sites for hydroxylation is 1. The molecule has 0 fully saturated rings. The molecule has 3 aromatic rings. The summed E-state index contributed by atoms with van der Waals surface area (Å²) in [5.74, 6) is 0.443. The lowest BCUT2D eigenvalue weighted by Gasteiger charge is -2.25. The van der Waals surface area contributed by atoms with Gasteiger partial charge in [-0.15, -0.1) is 0 Å². The van der Waals surface area contributed by atoms with Crippen LogP contribution in [-0.2, 0) is 12.8 Å². The maximum Gasteiger partial charge on any atom is 0.254 e. The van der Waals surface area contributed by atoms with E-state index >= 15 is 0 Å². The highest BCUT2D eigenvalue weighted by Gasteiger charge is 2.20. The molecular formula is C20H18N4O. The molecule has 1 amide bonds. The Morgan fingerprint density at radius 2 is 1.80 bits per heavy atom. The van der Waals surface area contributed by atoms with Gasteiger partial charge in [0.2, 0.25) is 0 Å². The van der Waals surface area contributed by atoms with E-state index in [0.29, 0.717) is 11.4 Å². The SMILES string of the molecule is O=C(N[C@@H]1CCc2ccccc2C1)c1cnc(-c2cccnc2)nc1. The summed E-state index contributed by atoms with van der Waals surface area (Å²) in [6, 6.07) is 12.3. The number of hydrogen-bond donors (Lipinski definition) is 1. The van der Waals surface area contributed by atoms with Gasteiger partial charge >= 0.3 is 0 Å². The molecule has 0 spiro atoms. The molecule has 1 N–H and O–H groups in total. The summed E-state index contributed by atoms with van der Waals surface area (Å²) in [5, 5.41) is 3.10. The summed E-state index contributed by atoms with van der Waals surface area (Å²) < 4.78 is 0. The fourth-order valence-corrected chi connectivity index (χ4v) is 3.18. The van der Waals surface area contributed by atoms with Crippen LogP contribution in [0.1, 0.15) is 27.9 Å². The third-order valence-electron chi connectivity index (χ3n) is 4.52. The van der Waals surface area contributed by atoms with Gasteiger partial charge in [0, 0.05) is 36.4 Å². The summed E-state index contributed by atoms with van der Waals surface area (Å²) >= 11 is 0. The van der Waals surface area contributed by atoms with E-state index in [1.54, 1.807) is 24.8 Å². The molecule has 0 saturated carbocycles. The van der Waals surface area contributed by atoms with Crippen LogP contribution in [0.2, 0.25) is 0 Å². The summed E-state index contributed by atoms with van der Waals surface area (Å²) in [4.78, 5) is 25.1. The Kier molecular flexibility index (Phi) is 4.21. The zero-order valence-electron chi connectivity index (χ0n) is 13.7. The first-order valence-corrected chi connectivity index (χ1v) is 8.40. The first kappa shape index (κ1) is 15.4. The molecule has 5 heteroatoms. The van der Waals surface area contributed by atoms with Gasteiger partial charge < -0.3 is 5.32 Å². The maximum absolute atomic E-state index is 12.5. The number of aromatic nitrogens is 3. The number of amides is 1. The molecule has 1 aliphatic rings. The molecule has 0 saturated heterocycles. The van der Waals surface area contributed by atoms with E-state index in [1.807, 2.05) is 18.2 Å². The minimum absolute atomic E-state index is 0.123. The monoisotopic (exact) mass is 330 g/mol. The van der Waals surface area contributed by atoms with Crippen molar-refractivity contribution in [3.8, 4) is 11.4 Å². The number of nitrogens with one attached hydrogen (secondary N) is 1. The molecule has 0 unspecified atom stereocenters. The smallest absolute Gasteiger partial charge is 0.254 e. The minimum Gasteiger partial charge on any atom is -0.349 e. The van der Waals surface area contributed by atoms with Crippen molar-refractivity contribution in [2.75, 3.05) is 0 Å². The van der Waals surface area contributed by atoms with Gasteiger partial charge in [-0.1, -0.05) is 24.3 Å². The average molecular weight is 330 g/mol. The third kappa shape index (κ3) is 3.40. The molecule has 4 rings (SSSR count). The van der Waals surface area contributed by atoms with E-state index in [-0.39, 0.29) is 11.9 Å². The van der Waals surface area contributed by atoms with Crippen LogP contribution in [0.3, 0.4) is 0 Å². The lowest BCUT2D eigenvalue weighted by Crippen LogP contribution is -2.38. The largest absolute Gasteiger partial charge is 0.349 e. The summed E-state index contributed by atoms with van der Waals surface area (Å²) in [5.41, 5.74) is 4.02. The quantitative estimate of drug-likeness (QED) is 0.802. The number of rotatable bonds is 3. The molecular weight excluding hydrogens is 312 g/mol. The van der Waals surface area contributed by atoms with Crippen LogP contribution in [-0.4, -0.2) is 26.9 Å². The zero-order valence-corrected chi connectivity index (χ0v) is 13.7. The van der Waals surface area contributed by atoms with E-state index in [1.165, 1.54) is 11.1 Å². The molecule has 25 heavy (non-hydrogen) atoms. The predicted octanol–water partition coefficient (Wildman–Crippen LogP) is 2.83. The topological polar surface area (TPSA) is 67.8 Å². The fourth-order valence-electron chi connectivity index (χ4n) is 3.18. The van der Waals surface area contributed by atoms with Crippen LogP contribution in [0.25, 0.3) is 11.4 Å². The van der Waals surface area contributed by atoms with Gasteiger partial charge in [-0.2, -0.15) is 0 Å². The number of hydrogen-bond acceptors (Lipinski definition) is 4. The molecule has 0 radical (unpaired) electrons. The standard InChI is InChI=1S/C20H18N4O/c25-20(24-18-8-7-14-4-1-2-5-15(14)10-18)17-12-22-19(23-13-17)16-6-3-9-21-11-16/h1-6,9,11-13,18H,7-8,10H2,(H,24,25)/t18-/m1/s1. The molecule has 124 valence electrons. The molecule has 1 atom stereocenters. The molecule has 0 aliphatic heterocycles. The predicted molar refractivity (Wildman–Crippen MR) is 95.0 cm³/mol. The molecule has 0 bridgehead atoms. The highest BCUT2D eigenvalue weighted by atomic mass is 16.1. The average Bonchev–Trinajstić information content (AvgIpc) is 2.69. The summed E-state index contributed by atoms with van der Waals surface area (Å²) in [7, 11) is 0. The molecule has 1 aromatic carbocycles. The van der Waals surface area contributed by atoms with Crippen molar-refractivity contribution in [1.29, 1.82) is 0 Å². The number of carbonyl (C=O) groups is 1. The summed E-state index contributed by atoms with van der Waals surface area (Å²) in [6.07, 6.45) is 9.37.